The third-order valence-electron chi connectivity index (χ3n) is 4.03. The lowest BCUT2D eigenvalue weighted by Gasteiger charge is -2.27. The molecule has 0 heterocycles. The molecule has 0 aliphatic heterocycles. The highest BCUT2D eigenvalue weighted by atomic mass is 16.5. The van der Waals surface area contributed by atoms with Gasteiger partial charge in [-0.2, -0.15) is 0 Å². The summed E-state index contributed by atoms with van der Waals surface area (Å²) in [7, 11) is 1.46. The molecular weight excluding hydrogens is 266 g/mol. The summed E-state index contributed by atoms with van der Waals surface area (Å²) < 4.78 is 10.5. The molecule has 1 saturated carbocycles. The van der Waals surface area contributed by atoms with E-state index in [-0.39, 0.29) is 6.09 Å². The van der Waals surface area contributed by atoms with Gasteiger partial charge in [-0.25, -0.2) is 4.79 Å². The van der Waals surface area contributed by atoms with E-state index in [1.807, 2.05) is 30.0 Å². The molecule has 1 aromatic carbocycles. The lowest BCUT2D eigenvalue weighted by molar-refractivity contribution is 0.106. The number of hydrogen-bond donors (Lipinski definition) is 0. The normalized spacial score (nSPS) is 15.0. The van der Waals surface area contributed by atoms with E-state index in [0.717, 1.165) is 25.0 Å². The lowest BCUT2D eigenvalue weighted by Crippen LogP contribution is -2.40. The maximum absolute atomic E-state index is 12.0. The molecule has 0 N–H and O–H groups in total. The van der Waals surface area contributed by atoms with E-state index < -0.39 is 0 Å². The summed E-state index contributed by atoms with van der Waals surface area (Å²) in [5.41, 5.74) is 1.19. The van der Waals surface area contributed by atoms with Crippen LogP contribution in [0.25, 0.3) is 0 Å². The second-order valence-electron chi connectivity index (χ2n) is 5.43. The maximum atomic E-state index is 12.0. The van der Waals surface area contributed by atoms with Gasteiger partial charge < -0.3 is 14.4 Å². The molecule has 1 aromatic rings. The van der Waals surface area contributed by atoms with Crippen molar-refractivity contribution in [2.75, 3.05) is 20.3 Å². The van der Waals surface area contributed by atoms with Crippen LogP contribution in [0.4, 0.5) is 4.79 Å². The Morgan fingerprint density at radius 2 is 2.10 bits per heavy atom. The number of methoxy groups -OCH3 is 1. The molecule has 116 valence electrons. The van der Waals surface area contributed by atoms with E-state index in [4.69, 9.17) is 9.47 Å². The highest BCUT2D eigenvalue weighted by Gasteiger charge is 2.26. The van der Waals surface area contributed by atoms with Crippen LogP contribution in [0.5, 0.6) is 5.75 Å². The summed E-state index contributed by atoms with van der Waals surface area (Å²) in [6.07, 6.45) is 5.22. The summed E-state index contributed by atoms with van der Waals surface area (Å²) in [4.78, 5) is 13.9. The molecule has 0 bridgehead atoms. The third kappa shape index (κ3) is 4.38. The Morgan fingerprint density at radius 3 is 2.76 bits per heavy atom. The van der Waals surface area contributed by atoms with Crippen molar-refractivity contribution in [1.82, 2.24) is 4.90 Å². The van der Waals surface area contributed by atoms with Crippen LogP contribution in [-0.2, 0) is 11.2 Å². The molecule has 2 rings (SSSR count). The van der Waals surface area contributed by atoms with Crippen molar-refractivity contribution in [1.29, 1.82) is 0 Å². The summed E-state index contributed by atoms with van der Waals surface area (Å²) >= 11 is 0. The summed E-state index contributed by atoms with van der Waals surface area (Å²) in [6.45, 7) is 3.35. The van der Waals surface area contributed by atoms with Crippen molar-refractivity contribution in [2.45, 2.75) is 45.1 Å². The van der Waals surface area contributed by atoms with Crippen LogP contribution in [0.2, 0.25) is 0 Å². The number of ether oxygens (including phenoxy) is 2. The number of carbonyl (C=O) groups excluding carboxylic acids is 1. The first-order chi connectivity index (χ1) is 10.2. The van der Waals surface area contributed by atoms with Gasteiger partial charge in [0.15, 0.2) is 0 Å². The van der Waals surface area contributed by atoms with Crippen molar-refractivity contribution in [2.24, 2.45) is 0 Å². The van der Waals surface area contributed by atoms with Crippen molar-refractivity contribution >= 4 is 6.09 Å². The number of benzene rings is 1. The molecule has 0 spiro atoms. The predicted molar refractivity (Wildman–Crippen MR) is 82.7 cm³/mol. The Hall–Kier alpha value is -1.71. The largest absolute Gasteiger partial charge is 0.494 e. The molecule has 0 radical (unpaired) electrons. The summed E-state index contributed by atoms with van der Waals surface area (Å²) in [5, 5.41) is 0. The van der Waals surface area contributed by atoms with E-state index in [9.17, 15) is 4.79 Å². The molecular formula is C17H25NO3. The first-order valence-electron chi connectivity index (χ1n) is 7.81. The van der Waals surface area contributed by atoms with Gasteiger partial charge in [0.25, 0.3) is 0 Å². The molecule has 4 heteroatoms. The van der Waals surface area contributed by atoms with Crippen LogP contribution in [0.15, 0.2) is 24.3 Å². The van der Waals surface area contributed by atoms with E-state index >= 15 is 0 Å². The Morgan fingerprint density at radius 1 is 1.33 bits per heavy atom. The first-order valence-corrected chi connectivity index (χ1v) is 7.81. The van der Waals surface area contributed by atoms with Crippen LogP contribution in [0.3, 0.4) is 0 Å². The van der Waals surface area contributed by atoms with Gasteiger partial charge in [0.1, 0.15) is 5.75 Å². The number of amides is 1. The van der Waals surface area contributed by atoms with Crippen LogP contribution >= 0.6 is 0 Å². The van der Waals surface area contributed by atoms with Gasteiger partial charge in [0.2, 0.25) is 0 Å². The average Bonchev–Trinajstić information content (AvgIpc) is 3.02. The predicted octanol–water partition coefficient (Wildman–Crippen LogP) is 3.64. The van der Waals surface area contributed by atoms with Crippen LogP contribution in [0.1, 0.15) is 38.2 Å². The topological polar surface area (TPSA) is 38.8 Å². The van der Waals surface area contributed by atoms with Crippen LogP contribution in [-0.4, -0.2) is 37.3 Å². The van der Waals surface area contributed by atoms with Gasteiger partial charge in [0, 0.05) is 12.6 Å². The minimum Gasteiger partial charge on any atom is -0.494 e. The highest BCUT2D eigenvalue weighted by Crippen LogP contribution is 2.24. The zero-order chi connectivity index (χ0) is 15.1. The maximum Gasteiger partial charge on any atom is 0.409 e. The number of nitrogens with zero attached hydrogens (tertiary/aromatic N) is 1. The molecule has 1 amide bonds. The minimum atomic E-state index is -0.206. The second-order valence-corrected chi connectivity index (χ2v) is 5.43. The van der Waals surface area contributed by atoms with Gasteiger partial charge >= 0.3 is 6.09 Å². The molecule has 1 aliphatic carbocycles. The molecule has 1 fully saturated rings. The van der Waals surface area contributed by atoms with Gasteiger partial charge in [-0.05, 0) is 43.9 Å². The van der Waals surface area contributed by atoms with Crippen molar-refractivity contribution in [3.8, 4) is 5.75 Å². The molecule has 21 heavy (non-hydrogen) atoms. The average molecular weight is 291 g/mol. The fourth-order valence-electron chi connectivity index (χ4n) is 2.96. The molecule has 0 aromatic heterocycles. The van der Waals surface area contributed by atoms with Gasteiger partial charge in [-0.15, -0.1) is 0 Å². The Bertz CT molecular complexity index is 455. The fourth-order valence-corrected chi connectivity index (χ4v) is 2.96. The number of hydrogen-bond acceptors (Lipinski definition) is 3. The van der Waals surface area contributed by atoms with Gasteiger partial charge in [-0.1, -0.05) is 25.0 Å². The zero-order valence-corrected chi connectivity index (χ0v) is 13.0. The van der Waals surface area contributed by atoms with Crippen molar-refractivity contribution < 1.29 is 14.3 Å². The monoisotopic (exact) mass is 291 g/mol. The standard InChI is InChI=1S/C17H25NO3/c1-3-21-16-10-6-7-14(13-16)11-12-18(17(19)20-2)15-8-4-5-9-15/h6-7,10,13,15H,3-5,8-9,11-12H2,1-2H3. The number of carbonyl (C=O) groups is 1. The van der Waals surface area contributed by atoms with Gasteiger partial charge in [-0.3, -0.25) is 0 Å². The van der Waals surface area contributed by atoms with E-state index in [1.54, 1.807) is 0 Å². The van der Waals surface area contributed by atoms with Crippen molar-refractivity contribution in [3.05, 3.63) is 29.8 Å². The minimum absolute atomic E-state index is 0.206. The van der Waals surface area contributed by atoms with Crippen molar-refractivity contribution in [3.63, 3.8) is 0 Å². The van der Waals surface area contributed by atoms with E-state index in [1.165, 1.54) is 25.5 Å². The smallest absolute Gasteiger partial charge is 0.409 e. The number of rotatable bonds is 6. The van der Waals surface area contributed by atoms with Gasteiger partial charge in [0.05, 0.1) is 13.7 Å². The third-order valence-corrected chi connectivity index (χ3v) is 4.03. The Labute approximate surface area is 127 Å². The first kappa shape index (κ1) is 15.7. The Balaban J connectivity index is 1.97. The summed E-state index contributed by atoms with van der Waals surface area (Å²) in [5.74, 6) is 0.889. The molecule has 0 unspecified atom stereocenters. The van der Waals surface area contributed by atoms with E-state index in [2.05, 4.69) is 6.07 Å². The molecule has 0 atom stereocenters. The quantitative estimate of drug-likeness (QED) is 0.803. The highest BCUT2D eigenvalue weighted by molar-refractivity contribution is 5.67. The molecule has 0 saturated heterocycles. The zero-order valence-electron chi connectivity index (χ0n) is 13.0. The van der Waals surface area contributed by atoms with E-state index in [0.29, 0.717) is 19.2 Å². The summed E-state index contributed by atoms with van der Waals surface area (Å²) in [6, 6.07) is 8.42. The Kier molecular flexibility index (Phi) is 5.90. The molecule has 4 nitrogen and oxygen atoms in total. The van der Waals surface area contributed by atoms with Crippen LogP contribution in [0, 0.1) is 0 Å². The second kappa shape index (κ2) is 7.91. The fraction of sp³-hybridized carbons (Fsp3) is 0.588. The SMILES string of the molecule is CCOc1cccc(CCN(C(=O)OC)C2CCCC2)c1. The lowest BCUT2D eigenvalue weighted by atomic mass is 10.1. The molecule has 1 aliphatic rings. The van der Waals surface area contributed by atoms with Crippen LogP contribution < -0.4 is 4.74 Å².